The van der Waals surface area contributed by atoms with E-state index in [9.17, 15) is 8.42 Å². The Morgan fingerprint density at radius 2 is 1.59 bits per heavy atom. The highest BCUT2D eigenvalue weighted by Gasteiger charge is 2.15. The van der Waals surface area contributed by atoms with Gasteiger partial charge in [0.05, 0.1) is 17.2 Å². The third kappa shape index (κ3) is 4.62. The molecule has 140 valence electrons. The Kier molecular flexibility index (Phi) is 5.41. The molecule has 0 bridgehead atoms. The van der Waals surface area contributed by atoms with Gasteiger partial charge < -0.3 is 4.74 Å². The van der Waals surface area contributed by atoms with Crippen molar-refractivity contribution in [3.8, 4) is 17.1 Å². The summed E-state index contributed by atoms with van der Waals surface area (Å²) in [5.74, 6) is 0.471. The van der Waals surface area contributed by atoms with E-state index in [1.54, 1.807) is 42.5 Å². The van der Waals surface area contributed by atoms with Gasteiger partial charge in [-0.3, -0.25) is 4.72 Å². The zero-order valence-electron chi connectivity index (χ0n) is 15.4. The van der Waals surface area contributed by atoms with Gasteiger partial charge in [0.1, 0.15) is 0 Å². The van der Waals surface area contributed by atoms with Crippen LogP contribution in [0.25, 0.3) is 11.3 Å². The van der Waals surface area contributed by atoms with Crippen molar-refractivity contribution < 1.29 is 13.2 Å². The maximum absolute atomic E-state index is 12.6. The molecule has 0 radical (unpaired) electrons. The van der Waals surface area contributed by atoms with Crippen molar-refractivity contribution in [3.63, 3.8) is 0 Å². The van der Waals surface area contributed by atoms with E-state index in [4.69, 9.17) is 4.74 Å². The first-order valence-corrected chi connectivity index (χ1v) is 10.0. The van der Waals surface area contributed by atoms with E-state index in [1.165, 1.54) is 0 Å². The minimum absolute atomic E-state index is 0.251. The van der Waals surface area contributed by atoms with Crippen LogP contribution in [-0.2, 0) is 10.0 Å². The number of anilines is 1. The zero-order valence-corrected chi connectivity index (χ0v) is 16.2. The lowest BCUT2D eigenvalue weighted by Gasteiger charge is -2.10. The van der Waals surface area contributed by atoms with Crippen LogP contribution in [0.15, 0.2) is 59.5 Å². The number of nitrogens with zero attached hydrogens (tertiary/aromatic N) is 2. The number of rotatable bonds is 6. The molecule has 0 saturated carbocycles. The average molecular weight is 383 g/mol. The van der Waals surface area contributed by atoms with Crippen LogP contribution < -0.4 is 9.46 Å². The molecule has 7 heteroatoms. The fourth-order valence-corrected chi connectivity index (χ4v) is 3.96. The van der Waals surface area contributed by atoms with Gasteiger partial charge in [-0.1, -0.05) is 18.2 Å². The van der Waals surface area contributed by atoms with Crippen LogP contribution in [0.4, 0.5) is 5.69 Å². The fourth-order valence-electron chi connectivity index (χ4n) is 2.71. The van der Waals surface area contributed by atoms with Gasteiger partial charge in [0.25, 0.3) is 10.0 Å². The van der Waals surface area contributed by atoms with Gasteiger partial charge in [0.2, 0.25) is 5.88 Å². The van der Waals surface area contributed by atoms with Crippen LogP contribution in [0.5, 0.6) is 5.88 Å². The minimum atomic E-state index is -3.64. The summed E-state index contributed by atoms with van der Waals surface area (Å²) in [6.45, 7) is 6.16. The molecule has 1 aromatic heterocycles. The van der Waals surface area contributed by atoms with Gasteiger partial charge in [0.15, 0.2) is 0 Å². The highest BCUT2D eigenvalue weighted by atomic mass is 32.2. The molecule has 1 heterocycles. The summed E-state index contributed by atoms with van der Waals surface area (Å²) in [4.78, 5) is 0.251. The van der Waals surface area contributed by atoms with Crippen LogP contribution in [0, 0.1) is 13.8 Å². The number of hydrogen-bond donors (Lipinski definition) is 1. The van der Waals surface area contributed by atoms with Gasteiger partial charge in [-0.2, -0.15) is 0 Å². The molecule has 0 aliphatic heterocycles. The Balaban J connectivity index is 1.79. The topological polar surface area (TPSA) is 81.2 Å². The van der Waals surface area contributed by atoms with E-state index in [2.05, 4.69) is 14.9 Å². The molecule has 0 aliphatic carbocycles. The predicted octanol–water partition coefficient (Wildman–Crippen LogP) is 3.96. The van der Waals surface area contributed by atoms with Crippen molar-refractivity contribution in [1.82, 2.24) is 10.2 Å². The Morgan fingerprint density at radius 1 is 0.926 bits per heavy atom. The Morgan fingerprint density at radius 3 is 2.15 bits per heavy atom. The summed E-state index contributed by atoms with van der Waals surface area (Å²) in [5.41, 5.74) is 3.80. The summed E-state index contributed by atoms with van der Waals surface area (Å²) in [6, 6.07) is 15.8. The van der Waals surface area contributed by atoms with E-state index in [0.717, 1.165) is 16.7 Å². The molecule has 6 nitrogen and oxygen atoms in total. The third-order valence-corrected chi connectivity index (χ3v) is 5.23. The van der Waals surface area contributed by atoms with E-state index in [0.29, 0.717) is 23.9 Å². The van der Waals surface area contributed by atoms with Crippen LogP contribution in [0.2, 0.25) is 0 Å². The minimum Gasteiger partial charge on any atom is -0.477 e. The van der Waals surface area contributed by atoms with Crippen LogP contribution >= 0.6 is 0 Å². The number of aryl methyl sites for hydroxylation is 2. The van der Waals surface area contributed by atoms with E-state index in [1.807, 2.05) is 32.9 Å². The van der Waals surface area contributed by atoms with Gasteiger partial charge in [0, 0.05) is 17.3 Å². The smallest absolute Gasteiger partial charge is 0.261 e. The number of aromatic nitrogens is 2. The molecule has 0 unspecified atom stereocenters. The summed E-state index contributed by atoms with van der Waals surface area (Å²) in [7, 11) is -3.64. The standard InChI is InChI=1S/C20H21N3O3S/c1-4-26-20-10-9-19(21-22-20)16-5-7-17(8-6-16)23-27(24,25)18-12-14(2)11-15(3)13-18/h5-13,23H,4H2,1-3H3. The molecular formula is C20H21N3O3S. The number of ether oxygens (including phenoxy) is 1. The maximum atomic E-state index is 12.6. The monoisotopic (exact) mass is 383 g/mol. The van der Waals surface area contributed by atoms with Crippen molar-refractivity contribution in [2.24, 2.45) is 0 Å². The van der Waals surface area contributed by atoms with Gasteiger partial charge in [-0.05, 0) is 62.2 Å². The first-order valence-electron chi connectivity index (χ1n) is 8.55. The summed E-state index contributed by atoms with van der Waals surface area (Å²) in [5, 5.41) is 8.12. The van der Waals surface area contributed by atoms with Crippen molar-refractivity contribution in [2.45, 2.75) is 25.7 Å². The molecule has 3 rings (SSSR count). The summed E-state index contributed by atoms with van der Waals surface area (Å²) >= 11 is 0. The van der Waals surface area contributed by atoms with Gasteiger partial charge >= 0.3 is 0 Å². The number of benzene rings is 2. The number of hydrogen-bond acceptors (Lipinski definition) is 5. The molecule has 0 atom stereocenters. The highest BCUT2D eigenvalue weighted by Crippen LogP contribution is 2.23. The second kappa shape index (κ2) is 7.75. The zero-order chi connectivity index (χ0) is 19.4. The molecule has 3 aromatic rings. The average Bonchev–Trinajstić information content (AvgIpc) is 2.62. The SMILES string of the molecule is CCOc1ccc(-c2ccc(NS(=O)(=O)c3cc(C)cc(C)c3)cc2)nn1. The van der Waals surface area contributed by atoms with E-state index in [-0.39, 0.29) is 4.90 Å². The van der Waals surface area contributed by atoms with E-state index >= 15 is 0 Å². The van der Waals surface area contributed by atoms with Gasteiger partial charge in [-0.15, -0.1) is 10.2 Å². The molecule has 1 N–H and O–H groups in total. The fraction of sp³-hybridized carbons (Fsp3) is 0.200. The summed E-state index contributed by atoms with van der Waals surface area (Å²) < 4.78 is 33.1. The van der Waals surface area contributed by atoms with Crippen molar-refractivity contribution in [1.29, 1.82) is 0 Å². The Hall–Kier alpha value is -2.93. The molecule has 0 amide bonds. The number of nitrogens with one attached hydrogen (secondary N) is 1. The van der Waals surface area contributed by atoms with Crippen LogP contribution in [0.1, 0.15) is 18.1 Å². The molecule has 0 fully saturated rings. The van der Waals surface area contributed by atoms with Crippen LogP contribution in [-0.4, -0.2) is 25.2 Å². The molecule has 0 spiro atoms. The predicted molar refractivity (Wildman–Crippen MR) is 105 cm³/mol. The van der Waals surface area contributed by atoms with Crippen molar-refractivity contribution in [3.05, 3.63) is 65.7 Å². The lowest BCUT2D eigenvalue weighted by atomic mass is 10.1. The molecule has 0 aliphatic rings. The second-order valence-electron chi connectivity index (χ2n) is 6.20. The summed E-state index contributed by atoms with van der Waals surface area (Å²) in [6.07, 6.45) is 0. The van der Waals surface area contributed by atoms with Gasteiger partial charge in [-0.25, -0.2) is 8.42 Å². The van der Waals surface area contributed by atoms with Crippen molar-refractivity contribution in [2.75, 3.05) is 11.3 Å². The normalized spacial score (nSPS) is 11.2. The first-order chi connectivity index (χ1) is 12.9. The first kappa shape index (κ1) is 18.8. The molecule has 2 aromatic carbocycles. The molecule has 0 saturated heterocycles. The lowest BCUT2D eigenvalue weighted by molar-refractivity contribution is 0.323. The maximum Gasteiger partial charge on any atom is 0.261 e. The quantitative estimate of drug-likeness (QED) is 0.697. The molecular weight excluding hydrogens is 362 g/mol. The Labute approximate surface area is 159 Å². The largest absolute Gasteiger partial charge is 0.477 e. The lowest BCUT2D eigenvalue weighted by Crippen LogP contribution is -2.13. The van der Waals surface area contributed by atoms with Crippen LogP contribution in [0.3, 0.4) is 0 Å². The van der Waals surface area contributed by atoms with Crippen molar-refractivity contribution >= 4 is 15.7 Å². The molecule has 27 heavy (non-hydrogen) atoms. The second-order valence-corrected chi connectivity index (χ2v) is 7.88. The van der Waals surface area contributed by atoms with E-state index < -0.39 is 10.0 Å². The third-order valence-electron chi connectivity index (χ3n) is 3.87. The Bertz CT molecular complexity index is 1010. The number of sulfonamides is 1. The highest BCUT2D eigenvalue weighted by molar-refractivity contribution is 7.92.